The Morgan fingerprint density at radius 2 is 2.29 bits per heavy atom. The Bertz CT molecular complexity index is 521. The Kier molecular flexibility index (Phi) is 4.31. The molecule has 6 heteroatoms. The molecule has 1 saturated carbocycles. The second-order valence-corrected chi connectivity index (χ2v) is 6.27. The van der Waals surface area contributed by atoms with E-state index in [9.17, 15) is 4.79 Å². The van der Waals surface area contributed by atoms with Crippen molar-refractivity contribution < 1.29 is 9.90 Å². The van der Waals surface area contributed by atoms with Crippen molar-refractivity contribution in [3.05, 3.63) is 23.4 Å². The molecule has 1 aliphatic heterocycles. The van der Waals surface area contributed by atoms with E-state index in [1.54, 1.807) is 6.20 Å². The molecular weight excluding hydrogens is 290 g/mol. The molecule has 1 saturated heterocycles. The predicted octanol–water partition coefficient (Wildman–Crippen LogP) is 1.45. The summed E-state index contributed by atoms with van der Waals surface area (Å²) in [5.41, 5.74) is 0. The van der Waals surface area contributed by atoms with Crippen LogP contribution in [0.5, 0.6) is 0 Å². The molecule has 21 heavy (non-hydrogen) atoms. The van der Waals surface area contributed by atoms with Crippen LogP contribution in [0.2, 0.25) is 5.02 Å². The highest BCUT2D eigenvalue weighted by Crippen LogP contribution is 2.42. The number of aliphatic hydroxyl groups is 1. The normalized spacial score (nSPS) is 25.1. The molecule has 0 unspecified atom stereocenters. The first-order valence-electron chi connectivity index (χ1n) is 7.44. The summed E-state index contributed by atoms with van der Waals surface area (Å²) in [7, 11) is 0. The highest BCUT2D eigenvalue weighted by Gasteiger charge is 2.43. The summed E-state index contributed by atoms with van der Waals surface area (Å²) in [4.78, 5) is 18.3. The van der Waals surface area contributed by atoms with E-state index < -0.39 is 0 Å². The molecule has 2 N–H and O–H groups in total. The van der Waals surface area contributed by atoms with Gasteiger partial charge in [0.1, 0.15) is 5.82 Å². The molecule has 2 heterocycles. The number of carbonyl (C=O) groups is 1. The number of nitrogens with one attached hydrogen (secondary N) is 1. The maximum atomic E-state index is 11.8. The van der Waals surface area contributed by atoms with Gasteiger partial charge in [0.15, 0.2) is 0 Å². The fourth-order valence-electron chi connectivity index (χ4n) is 3.15. The topological polar surface area (TPSA) is 65.5 Å². The summed E-state index contributed by atoms with van der Waals surface area (Å²) in [6.45, 7) is 1.50. The van der Waals surface area contributed by atoms with Crippen molar-refractivity contribution in [1.29, 1.82) is 0 Å². The molecule has 0 bridgehead atoms. The van der Waals surface area contributed by atoms with Crippen LogP contribution in [-0.4, -0.2) is 41.7 Å². The number of anilines is 1. The lowest BCUT2D eigenvalue weighted by Crippen LogP contribution is -2.41. The highest BCUT2D eigenvalue weighted by molar-refractivity contribution is 6.32. The van der Waals surface area contributed by atoms with Crippen molar-refractivity contribution in [2.24, 2.45) is 11.8 Å². The third kappa shape index (κ3) is 3.30. The van der Waals surface area contributed by atoms with Gasteiger partial charge in [-0.15, -0.1) is 0 Å². The van der Waals surface area contributed by atoms with Gasteiger partial charge >= 0.3 is 0 Å². The van der Waals surface area contributed by atoms with E-state index in [0.29, 0.717) is 16.9 Å². The van der Waals surface area contributed by atoms with Gasteiger partial charge in [0.2, 0.25) is 5.91 Å². The van der Waals surface area contributed by atoms with Gasteiger partial charge in [0, 0.05) is 31.6 Å². The van der Waals surface area contributed by atoms with Crippen LogP contribution >= 0.6 is 11.6 Å². The zero-order chi connectivity index (χ0) is 14.8. The molecule has 2 atom stereocenters. The minimum atomic E-state index is -0.109. The monoisotopic (exact) mass is 309 g/mol. The van der Waals surface area contributed by atoms with E-state index in [4.69, 9.17) is 16.7 Å². The summed E-state index contributed by atoms with van der Waals surface area (Å²) in [6, 6.07) is 3.78. The third-order valence-electron chi connectivity index (χ3n) is 4.32. The van der Waals surface area contributed by atoms with Gasteiger partial charge < -0.3 is 15.3 Å². The molecule has 2 fully saturated rings. The first-order chi connectivity index (χ1) is 10.2. The fraction of sp³-hybridized carbons (Fsp3) is 0.600. The molecule has 114 valence electrons. The van der Waals surface area contributed by atoms with Gasteiger partial charge in [0.05, 0.1) is 17.7 Å². The van der Waals surface area contributed by atoms with Gasteiger partial charge in [-0.2, -0.15) is 0 Å². The molecule has 0 radical (unpaired) electrons. The van der Waals surface area contributed by atoms with E-state index in [1.807, 2.05) is 12.1 Å². The lowest BCUT2D eigenvalue weighted by Gasteiger charge is -2.19. The van der Waals surface area contributed by atoms with Crippen LogP contribution in [0.25, 0.3) is 0 Å². The fourth-order valence-corrected chi connectivity index (χ4v) is 3.39. The number of pyridine rings is 1. The summed E-state index contributed by atoms with van der Waals surface area (Å²) >= 11 is 6.23. The molecule has 0 aromatic carbocycles. The highest BCUT2D eigenvalue weighted by atomic mass is 35.5. The molecule has 1 amide bonds. The number of halogens is 1. The zero-order valence-corrected chi connectivity index (χ0v) is 12.6. The van der Waals surface area contributed by atoms with Crippen molar-refractivity contribution >= 4 is 23.3 Å². The van der Waals surface area contributed by atoms with E-state index in [2.05, 4.69) is 15.2 Å². The van der Waals surface area contributed by atoms with Crippen LogP contribution in [0.4, 0.5) is 5.82 Å². The number of carbonyl (C=O) groups excluding carboxylic acids is 1. The van der Waals surface area contributed by atoms with Gasteiger partial charge in [-0.25, -0.2) is 4.98 Å². The van der Waals surface area contributed by atoms with Crippen LogP contribution in [-0.2, 0) is 4.79 Å². The minimum Gasteiger partial charge on any atom is -0.396 e. The van der Waals surface area contributed by atoms with Crippen LogP contribution in [0.3, 0.4) is 0 Å². The van der Waals surface area contributed by atoms with Crippen molar-refractivity contribution in [2.75, 3.05) is 24.6 Å². The number of aliphatic hydroxyl groups excluding tert-OH is 1. The first kappa shape index (κ1) is 14.6. The van der Waals surface area contributed by atoms with Crippen LogP contribution < -0.4 is 10.2 Å². The maximum Gasteiger partial charge on any atom is 0.222 e. The number of amides is 1. The first-order valence-corrected chi connectivity index (χ1v) is 7.82. The molecular formula is C15H20ClN3O2. The van der Waals surface area contributed by atoms with Gasteiger partial charge in [-0.1, -0.05) is 11.6 Å². The molecule has 3 rings (SSSR count). The lowest BCUT2D eigenvalue weighted by atomic mass is 9.98. The van der Waals surface area contributed by atoms with Crippen LogP contribution in [0.15, 0.2) is 18.3 Å². The Morgan fingerprint density at radius 3 is 2.95 bits per heavy atom. The van der Waals surface area contributed by atoms with Gasteiger partial charge in [-0.05, 0) is 30.9 Å². The van der Waals surface area contributed by atoms with Crippen molar-refractivity contribution in [3.63, 3.8) is 0 Å². The van der Waals surface area contributed by atoms with E-state index in [-0.39, 0.29) is 25.0 Å². The quantitative estimate of drug-likeness (QED) is 0.864. The minimum absolute atomic E-state index is 0.0814. The van der Waals surface area contributed by atoms with Crippen molar-refractivity contribution in [1.82, 2.24) is 10.3 Å². The SMILES string of the molecule is O=C(CCO)N[C@H]1CN(c2ncccc2Cl)C[C@@H]1C1CC1. The Hall–Kier alpha value is -1.33. The van der Waals surface area contributed by atoms with Crippen molar-refractivity contribution in [3.8, 4) is 0 Å². The van der Waals surface area contributed by atoms with E-state index in [1.165, 1.54) is 12.8 Å². The van der Waals surface area contributed by atoms with Gasteiger partial charge in [0.25, 0.3) is 0 Å². The number of aromatic nitrogens is 1. The Labute approximate surface area is 129 Å². The molecule has 5 nitrogen and oxygen atoms in total. The average molecular weight is 310 g/mol. The molecule has 1 aromatic heterocycles. The number of hydrogen-bond acceptors (Lipinski definition) is 4. The smallest absolute Gasteiger partial charge is 0.222 e. The zero-order valence-electron chi connectivity index (χ0n) is 11.8. The molecule has 1 aromatic rings. The molecule has 0 spiro atoms. The predicted molar refractivity (Wildman–Crippen MR) is 81.3 cm³/mol. The largest absolute Gasteiger partial charge is 0.396 e. The maximum absolute atomic E-state index is 11.8. The second kappa shape index (κ2) is 6.20. The van der Waals surface area contributed by atoms with E-state index in [0.717, 1.165) is 18.9 Å². The average Bonchev–Trinajstić information content (AvgIpc) is 3.22. The number of nitrogens with zero attached hydrogens (tertiary/aromatic N) is 2. The number of rotatable bonds is 5. The Balaban J connectivity index is 1.72. The van der Waals surface area contributed by atoms with E-state index >= 15 is 0 Å². The summed E-state index contributed by atoms with van der Waals surface area (Å²) in [6.07, 6.45) is 4.38. The lowest BCUT2D eigenvalue weighted by molar-refractivity contribution is -0.122. The molecule has 1 aliphatic carbocycles. The summed E-state index contributed by atoms with van der Waals surface area (Å²) in [5, 5.41) is 12.6. The molecule has 2 aliphatic rings. The van der Waals surface area contributed by atoms with Crippen molar-refractivity contribution in [2.45, 2.75) is 25.3 Å². The number of hydrogen-bond donors (Lipinski definition) is 2. The van der Waals surface area contributed by atoms with Crippen LogP contribution in [0.1, 0.15) is 19.3 Å². The second-order valence-electron chi connectivity index (χ2n) is 5.86. The van der Waals surface area contributed by atoms with Gasteiger partial charge in [-0.3, -0.25) is 4.79 Å². The summed E-state index contributed by atoms with van der Waals surface area (Å²) < 4.78 is 0. The summed E-state index contributed by atoms with van der Waals surface area (Å²) in [5.74, 6) is 1.86. The van der Waals surface area contributed by atoms with Crippen LogP contribution in [0, 0.1) is 11.8 Å². The standard InChI is InChI=1S/C15H20ClN3O2/c16-12-2-1-6-17-15(12)19-8-11(10-3-4-10)13(9-19)18-14(21)5-7-20/h1-2,6,10-11,13,20H,3-5,7-9H2,(H,18,21)/t11-,13+/m1/s1. The Morgan fingerprint density at radius 1 is 1.48 bits per heavy atom. The third-order valence-corrected chi connectivity index (χ3v) is 4.61.